The maximum atomic E-state index is 13.8. The van der Waals surface area contributed by atoms with E-state index in [-0.39, 0.29) is 5.82 Å². The Bertz CT molecular complexity index is 589. The average Bonchev–Trinajstić information content (AvgIpc) is 2.37. The minimum Gasteiger partial charge on any atom is -0.369 e. The topological polar surface area (TPSA) is 49.8 Å². The molecule has 0 unspecified atom stereocenters. The van der Waals surface area contributed by atoms with E-state index in [9.17, 15) is 4.39 Å². The number of hydrogen-bond donors (Lipinski definition) is 2. The summed E-state index contributed by atoms with van der Waals surface area (Å²) in [5, 5.41) is 6.05. The fraction of sp³-hybridized carbons (Fsp3) is 0.231. The van der Waals surface area contributed by atoms with E-state index in [1.807, 2.05) is 19.9 Å². The number of hydrogen-bond acceptors (Lipinski definition) is 4. The molecule has 0 fully saturated rings. The third-order valence-corrected chi connectivity index (χ3v) is 3.26. The van der Waals surface area contributed by atoms with Gasteiger partial charge in [0, 0.05) is 6.54 Å². The molecule has 1 aromatic heterocycles. The molecule has 2 rings (SSSR count). The fourth-order valence-corrected chi connectivity index (χ4v) is 2.04. The highest BCUT2D eigenvalue weighted by Crippen LogP contribution is 2.29. The van der Waals surface area contributed by atoms with Crippen molar-refractivity contribution in [3.63, 3.8) is 0 Å². The van der Waals surface area contributed by atoms with Crippen molar-refractivity contribution in [2.45, 2.75) is 13.8 Å². The minimum absolute atomic E-state index is 0.310. The molecule has 1 aromatic carbocycles. The van der Waals surface area contributed by atoms with Gasteiger partial charge in [-0.1, -0.05) is 6.07 Å². The summed E-state index contributed by atoms with van der Waals surface area (Å²) in [6.45, 7) is 4.56. The molecule has 2 N–H and O–H groups in total. The second-order valence-electron chi connectivity index (χ2n) is 4.02. The van der Waals surface area contributed by atoms with Crippen molar-refractivity contribution in [1.82, 2.24) is 9.97 Å². The van der Waals surface area contributed by atoms with Crippen molar-refractivity contribution in [1.29, 1.82) is 0 Å². The molecule has 0 radical (unpaired) electrons. The van der Waals surface area contributed by atoms with E-state index in [2.05, 4.69) is 36.5 Å². The van der Waals surface area contributed by atoms with Gasteiger partial charge in [0.2, 0.25) is 0 Å². The monoisotopic (exact) mass is 324 g/mol. The zero-order chi connectivity index (χ0) is 13.8. The van der Waals surface area contributed by atoms with Crippen molar-refractivity contribution < 1.29 is 4.39 Å². The van der Waals surface area contributed by atoms with Gasteiger partial charge in [-0.15, -0.1) is 0 Å². The first-order valence-electron chi connectivity index (χ1n) is 5.89. The summed E-state index contributed by atoms with van der Waals surface area (Å²) < 4.78 is 14.5. The molecule has 2 aromatic rings. The normalized spacial score (nSPS) is 10.3. The van der Waals surface area contributed by atoms with Crippen molar-refractivity contribution >= 4 is 33.3 Å². The van der Waals surface area contributed by atoms with Crippen LogP contribution < -0.4 is 10.6 Å². The number of halogens is 2. The van der Waals surface area contributed by atoms with E-state index < -0.39 is 0 Å². The molecular formula is C13H14BrFN4. The molecule has 0 atom stereocenters. The Balaban J connectivity index is 2.30. The smallest absolute Gasteiger partial charge is 0.150 e. The van der Waals surface area contributed by atoms with Gasteiger partial charge in [-0.2, -0.15) is 0 Å². The summed E-state index contributed by atoms with van der Waals surface area (Å²) in [4.78, 5) is 8.21. The summed E-state index contributed by atoms with van der Waals surface area (Å²) in [5.74, 6) is 0.886. The van der Waals surface area contributed by atoms with Crippen molar-refractivity contribution in [2.24, 2.45) is 0 Å². The molecule has 6 heteroatoms. The molecule has 0 spiro atoms. The standard InChI is InChI=1S/C13H14BrFN4/c1-3-16-12-11(14)13(18-7-17-12)19-10-5-4-8(2)6-9(10)15/h4-7H,3H2,1-2H3,(H2,16,17,18,19). The Labute approximate surface area is 119 Å². The third-order valence-electron chi connectivity index (χ3n) is 2.51. The van der Waals surface area contributed by atoms with Crippen LogP contribution in [0.4, 0.5) is 21.7 Å². The molecule has 0 aliphatic carbocycles. The van der Waals surface area contributed by atoms with Crippen molar-refractivity contribution in [2.75, 3.05) is 17.2 Å². The highest BCUT2D eigenvalue weighted by molar-refractivity contribution is 9.10. The molecule has 0 aliphatic rings. The van der Waals surface area contributed by atoms with E-state index in [4.69, 9.17) is 0 Å². The Morgan fingerprint density at radius 2 is 2.00 bits per heavy atom. The zero-order valence-corrected chi connectivity index (χ0v) is 12.3. The Kier molecular flexibility index (Phi) is 4.31. The van der Waals surface area contributed by atoms with Crippen LogP contribution in [0.25, 0.3) is 0 Å². The second kappa shape index (κ2) is 5.97. The molecule has 0 aliphatic heterocycles. The van der Waals surface area contributed by atoms with Gasteiger partial charge in [-0.3, -0.25) is 0 Å². The first kappa shape index (κ1) is 13.7. The lowest BCUT2D eigenvalue weighted by molar-refractivity contribution is 0.630. The summed E-state index contributed by atoms with van der Waals surface area (Å²) >= 11 is 3.41. The molecule has 19 heavy (non-hydrogen) atoms. The minimum atomic E-state index is -0.310. The first-order valence-corrected chi connectivity index (χ1v) is 6.68. The number of aryl methyl sites for hydroxylation is 1. The van der Waals surface area contributed by atoms with Crippen molar-refractivity contribution in [3.8, 4) is 0 Å². The van der Waals surface area contributed by atoms with E-state index in [1.165, 1.54) is 12.4 Å². The summed E-state index contributed by atoms with van der Waals surface area (Å²) in [6, 6.07) is 5.00. The van der Waals surface area contributed by atoms with Crippen LogP contribution in [0, 0.1) is 12.7 Å². The Morgan fingerprint density at radius 1 is 1.26 bits per heavy atom. The molecule has 0 saturated carbocycles. The number of benzene rings is 1. The largest absolute Gasteiger partial charge is 0.369 e. The molecule has 1 heterocycles. The number of nitrogens with zero attached hydrogens (tertiary/aromatic N) is 2. The summed E-state index contributed by atoms with van der Waals surface area (Å²) in [7, 11) is 0. The van der Waals surface area contributed by atoms with Crippen LogP contribution in [0.3, 0.4) is 0 Å². The predicted molar refractivity (Wildman–Crippen MR) is 78.3 cm³/mol. The van der Waals surface area contributed by atoms with Crippen LogP contribution in [0.15, 0.2) is 29.0 Å². The van der Waals surface area contributed by atoms with Gasteiger partial charge in [-0.05, 0) is 47.5 Å². The van der Waals surface area contributed by atoms with Crippen LogP contribution in [-0.4, -0.2) is 16.5 Å². The lowest BCUT2D eigenvalue weighted by Crippen LogP contribution is -2.04. The van der Waals surface area contributed by atoms with Crippen LogP contribution in [0.5, 0.6) is 0 Å². The first-order chi connectivity index (χ1) is 9.11. The van der Waals surface area contributed by atoms with Gasteiger partial charge in [-0.25, -0.2) is 14.4 Å². The van der Waals surface area contributed by atoms with E-state index in [0.29, 0.717) is 21.8 Å². The molecule has 0 bridgehead atoms. The SMILES string of the molecule is CCNc1ncnc(Nc2ccc(C)cc2F)c1Br. The number of rotatable bonds is 4. The van der Waals surface area contributed by atoms with Crippen LogP contribution >= 0.6 is 15.9 Å². The zero-order valence-electron chi connectivity index (χ0n) is 10.7. The van der Waals surface area contributed by atoms with E-state index >= 15 is 0 Å². The molecular weight excluding hydrogens is 311 g/mol. The van der Waals surface area contributed by atoms with E-state index in [0.717, 1.165) is 12.1 Å². The number of anilines is 3. The Morgan fingerprint density at radius 3 is 2.68 bits per heavy atom. The van der Waals surface area contributed by atoms with Crippen LogP contribution in [0.1, 0.15) is 12.5 Å². The van der Waals surface area contributed by atoms with Crippen molar-refractivity contribution in [3.05, 3.63) is 40.4 Å². The van der Waals surface area contributed by atoms with E-state index in [1.54, 1.807) is 6.07 Å². The molecule has 0 amide bonds. The third kappa shape index (κ3) is 3.20. The van der Waals surface area contributed by atoms with Gasteiger partial charge in [0.25, 0.3) is 0 Å². The quantitative estimate of drug-likeness (QED) is 0.896. The lowest BCUT2D eigenvalue weighted by atomic mass is 10.2. The van der Waals surface area contributed by atoms with Gasteiger partial charge < -0.3 is 10.6 Å². The predicted octanol–water partition coefficient (Wildman–Crippen LogP) is 3.86. The van der Waals surface area contributed by atoms with Crippen LogP contribution in [-0.2, 0) is 0 Å². The van der Waals surface area contributed by atoms with Crippen LogP contribution in [0.2, 0.25) is 0 Å². The second-order valence-corrected chi connectivity index (χ2v) is 4.82. The molecule has 100 valence electrons. The maximum Gasteiger partial charge on any atom is 0.150 e. The molecule has 0 saturated heterocycles. The van der Waals surface area contributed by atoms with Gasteiger partial charge >= 0.3 is 0 Å². The highest BCUT2D eigenvalue weighted by atomic mass is 79.9. The maximum absolute atomic E-state index is 13.8. The van der Waals surface area contributed by atoms with Gasteiger partial charge in [0.1, 0.15) is 28.3 Å². The Hall–Kier alpha value is -1.69. The number of aromatic nitrogens is 2. The average molecular weight is 325 g/mol. The fourth-order valence-electron chi connectivity index (χ4n) is 1.60. The summed E-state index contributed by atoms with van der Waals surface area (Å²) in [5.41, 5.74) is 1.26. The molecule has 4 nitrogen and oxygen atoms in total. The highest BCUT2D eigenvalue weighted by Gasteiger charge is 2.10. The van der Waals surface area contributed by atoms with Gasteiger partial charge in [0.15, 0.2) is 0 Å². The summed E-state index contributed by atoms with van der Waals surface area (Å²) in [6.07, 6.45) is 1.43. The van der Waals surface area contributed by atoms with Gasteiger partial charge in [0.05, 0.1) is 5.69 Å². The number of nitrogens with one attached hydrogen (secondary N) is 2. The lowest BCUT2D eigenvalue weighted by Gasteiger charge is -2.11.